The van der Waals surface area contributed by atoms with Crippen LogP contribution in [0.3, 0.4) is 0 Å². The summed E-state index contributed by atoms with van der Waals surface area (Å²) in [5, 5.41) is 8.91. The maximum Gasteiger partial charge on any atom is 0.306 e. The van der Waals surface area contributed by atoms with E-state index in [2.05, 4.69) is 4.90 Å². The Morgan fingerprint density at radius 2 is 1.62 bits per heavy atom. The Balaban J connectivity index is 2.40. The monoisotopic (exact) mass is 267 g/mol. The average molecular weight is 268 g/mol. The zero-order chi connectivity index (χ0) is 12.0. The quantitative estimate of drug-likeness (QED) is 0.752. The molecule has 1 N–H and O–H groups in total. The van der Waals surface area contributed by atoms with Gasteiger partial charge in [0.15, 0.2) is 0 Å². The van der Waals surface area contributed by atoms with Crippen molar-refractivity contribution in [2.24, 2.45) is 5.92 Å². The van der Waals surface area contributed by atoms with Crippen LogP contribution in [0, 0.1) is 5.92 Å². The molecule has 0 aliphatic heterocycles. The second kappa shape index (κ2) is 7.36. The van der Waals surface area contributed by atoms with E-state index in [0.29, 0.717) is 17.8 Å². The largest absolute Gasteiger partial charge is 0.481 e. The topological polar surface area (TPSA) is 40.5 Å². The maximum atomic E-state index is 10.8. The van der Waals surface area contributed by atoms with E-state index in [1.807, 2.05) is 0 Å². The van der Waals surface area contributed by atoms with Crippen molar-refractivity contribution in [3.05, 3.63) is 0 Å². The van der Waals surface area contributed by atoms with Crippen LogP contribution >= 0.6 is 23.2 Å². The molecule has 1 fully saturated rings. The first-order valence-electron chi connectivity index (χ1n) is 5.77. The van der Waals surface area contributed by atoms with Crippen LogP contribution in [0.5, 0.6) is 0 Å². The van der Waals surface area contributed by atoms with Gasteiger partial charge in [-0.05, 0) is 25.7 Å². The number of hydrogen-bond donors (Lipinski definition) is 1. The molecule has 0 aromatic rings. The van der Waals surface area contributed by atoms with Gasteiger partial charge in [-0.15, -0.1) is 23.2 Å². The minimum atomic E-state index is -0.653. The maximum absolute atomic E-state index is 10.8. The van der Waals surface area contributed by atoms with Crippen molar-refractivity contribution in [2.75, 3.05) is 24.8 Å². The summed E-state index contributed by atoms with van der Waals surface area (Å²) < 4.78 is 0. The van der Waals surface area contributed by atoms with Gasteiger partial charge in [0.1, 0.15) is 0 Å². The van der Waals surface area contributed by atoms with Crippen molar-refractivity contribution in [1.29, 1.82) is 0 Å². The van der Waals surface area contributed by atoms with E-state index in [4.69, 9.17) is 28.3 Å². The number of hydrogen-bond acceptors (Lipinski definition) is 2. The predicted molar refractivity (Wildman–Crippen MR) is 66.4 cm³/mol. The summed E-state index contributed by atoms with van der Waals surface area (Å²) in [7, 11) is 0. The van der Waals surface area contributed by atoms with Crippen LogP contribution in [0.25, 0.3) is 0 Å². The molecule has 0 spiro atoms. The van der Waals surface area contributed by atoms with Gasteiger partial charge in [0.2, 0.25) is 0 Å². The van der Waals surface area contributed by atoms with Crippen molar-refractivity contribution in [3.63, 3.8) is 0 Å². The molecular weight excluding hydrogens is 249 g/mol. The van der Waals surface area contributed by atoms with E-state index in [0.717, 1.165) is 38.8 Å². The lowest BCUT2D eigenvalue weighted by Gasteiger charge is -2.35. The summed E-state index contributed by atoms with van der Waals surface area (Å²) in [5.41, 5.74) is 0. The summed E-state index contributed by atoms with van der Waals surface area (Å²) in [6.07, 6.45) is 3.46. The first-order valence-corrected chi connectivity index (χ1v) is 6.84. The van der Waals surface area contributed by atoms with Crippen LogP contribution in [-0.2, 0) is 4.79 Å². The SMILES string of the molecule is O=C(O)C1CCC(N(CCCl)CCCl)CC1. The molecule has 0 radical (unpaired) electrons. The molecule has 0 aromatic carbocycles. The Labute approximate surface area is 107 Å². The van der Waals surface area contributed by atoms with Gasteiger partial charge in [0.25, 0.3) is 0 Å². The average Bonchev–Trinajstić information content (AvgIpc) is 2.29. The Kier molecular flexibility index (Phi) is 6.47. The van der Waals surface area contributed by atoms with Crippen LogP contribution < -0.4 is 0 Å². The molecule has 0 unspecified atom stereocenters. The molecule has 5 heteroatoms. The van der Waals surface area contributed by atoms with E-state index >= 15 is 0 Å². The van der Waals surface area contributed by atoms with Crippen LogP contribution in [0.15, 0.2) is 0 Å². The molecular formula is C11H19Cl2NO2. The summed E-state index contributed by atoms with van der Waals surface area (Å²) >= 11 is 11.5. The van der Waals surface area contributed by atoms with E-state index in [1.165, 1.54) is 0 Å². The summed E-state index contributed by atoms with van der Waals surface area (Å²) in [6.45, 7) is 1.69. The van der Waals surface area contributed by atoms with Gasteiger partial charge in [-0.1, -0.05) is 0 Å². The zero-order valence-electron chi connectivity index (χ0n) is 9.37. The van der Waals surface area contributed by atoms with E-state index in [1.54, 1.807) is 0 Å². The molecule has 0 aromatic heterocycles. The number of carboxylic acids is 1. The van der Waals surface area contributed by atoms with Gasteiger partial charge in [-0.3, -0.25) is 9.69 Å². The smallest absolute Gasteiger partial charge is 0.306 e. The Hall–Kier alpha value is 0.01000. The van der Waals surface area contributed by atoms with Gasteiger partial charge in [0, 0.05) is 30.9 Å². The van der Waals surface area contributed by atoms with Crippen LogP contribution in [-0.4, -0.2) is 46.9 Å². The molecule has 0 bridgehead atoms. The third-order valence-corrected chi connectivity index (χ3v) is 3.64. The van der Waals surface area contributed by atoms with Crippen LogP contribution in [0.2, 0.25) is 0 Å². The predicted octanol–water partition coefficient (Wildman–Crippen LogP) is 2.41. The number of aliphatic carboxylic acids is 1. The van der Waals surface area contributed by atoms with Crippen LogP contribution in [0.1, 0.15) is 25.7 Å². The molecule has 1 rings (SSSR count). The third kappa shape index (κ3) is 4.11. The molecule has 0 saturated heterocycles. The minimum absolute atomic E-state index is 0.148. The molecule has 94 valence electrons. The summed E-state index contributed by atoms with van der Waals surface area (Å²) in [6, 6.07) is 0.466. The van der Waals surface area contributed by atoms with Crippen LogP contribution in [0.4, 0.5) is 0 Å². The van der Waals surface area contributed by atoms with E-state index < -0.39 is 5.97 Å². The molecule has 0 atom stereocenters. The Bertz CT molecular complexity index is 212. The van der Waals surface area contributed by atoms with Gasteiger partial charge >= 0.3 is 5.97 Å². The Morgan fingerprint density at radius 3 is 2.00 bits per heavy atom. The molecule has 3 nitrogen and oxygen atoms in total. The highest BCUT2D eigenvalue weighted by Crippen LogP contribution is 2.27. The molecule has 0 heterocycles. The second-order valence-corrected chi connectivity index (χ2v) is 5.01. The lowest BCUT2D eigenvalue weighted by atomic mass is 9.85. The lowest BCUT2D eigenvalue weighted by molar-refractivity contribution is -0.143. The van der Waals surface area contributed by atoms with Crippen molar-refractivity contribution in [2.45, 2.75) is 31.7 Å². The van der Waals surface area contributed by atoms with Crippen molar-refractivity contribution >= 4 is 29.2 Å². The van der Waals surface area contributed by atoms with E-state index in [9.17, 15) is 4.79 Å². The Morgan fingerprint density at radius 1 is 1.12 bits per heavy atom. The fourth-order valence-electron chi connectivity index (χ4n) is 2.38. The highest BCUT2D eigenvalue weighted by Gasteiger charge is 2.28. The number of nitrogens with zero attached hydrogens (tertiary/aromatic N) is 1. The first-order chi connectivity index (χ1) is 7.69. The number of carboxylic acid groups (broad SMARTS) is 1. The normalized spacial score (nSPS) is 25.9. The highest BCUT2D eigenvalue weighted by molar-refractivity contribution is 6.18. The molecule has 0 amide bonds. The third-order valence-electron chi connectivity index (χ3n) is 3.31. The number of rotatable bonds is 6. The van der Waals surface area contributed by atoms with Crippen molar-refractivity contribution < 1.29 is 9.90 Å². The summed E-state index contributed by atoms with van der Waals surface area (Å²) in [5.74, 6) is 0.413. The minimum Gasteiger partial charge on any atom is -0.481 e. The summed E-state index contributed by atoms with van der Waals surface area (Å²) in [4.78, 5) is 13.1. The number of halogens is 2. The molecule has 1 aliphatic carbocycles. The molecule has 16 heavy (non-hydrogen) atoms. The lowest BCUT2D eigenvalue weighted by Crippen LogP contribution is -2.41. The number of alkyl halides is 2. The standard InChI is InChI=1S/C11H19Cl2NO2/c12-5-7-14(8-6-13)10-3-1-9(2-4-10)11(15)16/h9-10H,1-8H2,(H,15,16). The van der Waals surface area contributed by atoms with Crippen molar-refractivity contribution in [1.82, 2.24) is 4.90 Å². The fourth-order valence-corrected chi connectivity index (χ4v) is 2.82. The first kappa shape index (κ1) is 14.1. The van der Waals surface area contributed by atoms with Gasteiger partial charge in [-0.2, -0.15) is 0 Å². The van der Waals surface area contributed by atoms with E-state index in [-0.39, 0.29) is 5.92 Å². The number of carbonyl (C=O) groups is 1. The second-order valence-electron chi connectivity index (χ2n) is 4.26. The highest BCUT2D eigenvalue weighted by atomic mass is 35.5. The molecule has 1 saturated carbocycles. The zero-order valence-corrected chi connectivity index (χ0v) is 10.9. The van der Waals surface area contributed by atoms with Gasteiger partial charge in [-0.25, -0.2) is 0 Å². The van der Waals surface area contributed by atoms with Gasteiger partial charge in [0.05, 0.1) is 5.92 Å². The van der Waals surface area contributed by atoms with Gasteiger partial charge < -0.3 is 5.11 Å². The van der Waals surface area contributed by atoms with Crippen molar-refractivity contribution in [3.8, 4) is 0 Å². The fraction of sp³-hybridized carbons (Fsp3) is 0.909. The molecule has 1 aliphatic rings.